The number of carbonyl (C=O) groups excluding carboxylic acids is 2. The number of aromatic nitrogens is 3. The minimum atomic E-state index is -0.943. The number of ether oxygens (including phenoxy) is 2. The number of nitrogens with zero attached hydrogens (tertiary/aromatic N) is 4. The lowest BCUT2D eigenvalue weighted by atomic mass is 9.95. The SMILES string of the molecule is CCC(C)(C)NC(=O)[C@@H](c1ccccc1C)N(C(=O)Cn1nnc2ccccc21)c1ccc2c(c1)OCCO2. The van der Waals surface area contributed by atoms with Crippen LogP contribution in [0.1, 0.15) is 44.4 Å². The Bertz CT molecular complexity index is 1510. The van der Waals surface area contributed by atoms with Crippen LogP contribution in [0.25, 0.3) is 11.0 Å². The largest absolute Gasteiger partial charge is 0.486 e. The van der Waals surface area contributed by atoms with Gasteiger partial charge in [0, 0.05) is 17.3 Å². The van der Waals surface area contributed by atoms with Gasteiger partial charge in [0.2, 0.25) is 11.8 Å². The number of nitrogens with one attached hydrogen (secondary N) is 1. The molecule has 9 nitrogen and oxygen atoms in total. The molecule has 1 N–H and O–H groups in total. The highest BCUT2D eigenvalue weighted by molar-refractivity contribution is 6.02. The molecular formula is C30H33N5O4. The van der Waals surface area contributed by atoms with Gasteiger partial charge in [0.25, 0.3) is 0 Å². The number of fused-ring (bicyclic) bond motifs is 2. The molecule has 1 aliphatic rings. The highest BCUT2D eigenvalue weighted by Gasteiger charge is 2.36. The molecule has 202 valence electrons. The van der Waals surface area contributed by atoms with E-state index in [9.17, 15) is 9.59 Å². The summed E-state index contributed by atoms with van der Waals surface area (Å²) in [7, 11) is 0. The maximum Gasteiger partial charge on any atom is 0.249 e. The monoisotopic (exact) mass is 527 g/mol. The topological polar surface area (TPSA) is 98.6 Å². The minimum Gasteiger partial charge on any atom is -0.486 e. The van der Waals surface area contributed by atoms with Gasteiger partial charge in [-0.3, -0.25) is 14.5 Å². The van der Waals surface area contributed by atoms with E-state index in [1.807, 2.05) is 76.2 Å². The fourth-order valence-electron chi connectivity index (χ4n) is 4.64. The molecule has 0 radical (unpaired) electrons. The molecule has 39 heavy (non-hydrogen) atoms. The molecule has 0 spiro atoms. The van der Waals surface area contributed by atoms with Gasteiger partial charge in [0.15, 0.2) is 11.5 Å². The van der Waals surface area contributed by atoms with Gasteiger partial charge >= 0.3 is 0 Å². The number of para-hydroxylation sites is 1. The molecule has 0 saturated carbocycles. The Kier molecular flexibility index (Phi) is 7.24. The van der Waals surface area contributed by atoms with Gasteiger partial charge in [-0.15, -0.1) is 5.10 Å². The van der Waals surface area contributed by atoms with Gasteiger partial charge in [0.1, 0.15) is 31.3 Å². The first kappa shape index (κ1) is 26.2. The number of rotatable bonds is 8. The highest BCUT2D eigenvalue weighted by atomic mass is 16.6. The zero-order valence-electron chi connectivity index (χ0n) is 22.7. The molecule has 2 heterocycles. The van der Waals surface area contributed by atoms with Crippen molar-refractivity contribution in [3.8, 4) is 11.5 Å². The van der Waals surface area contributed by atoms with E-state index < -0.39 is 11.6 Å². The molecule has 1 aromatic heterocycles. The molecular weight excluding hydrogens is 494 g/mol. The smallest absolute Gasteiger partial charge is 0.249 e. The van der Waals surface area contributed by atoms with Crippen molar-refractivity contribution < 1.29 is 19.1 Å². The van der Waals surface area contributed by atoms with Crippen molar-refractivity contribution in [1.82, 2.24) is 20.3 Å². The second-order valence-electron chi connectivity index (χ2n) is 10.3. The molecule has 0 unspecified atom stereocenters. The third-order valence-corrected chi connectivity index (χ3v) is 7.11. The number of amides is 2. The summed E-state index contributed by atoms with van der Waals surface area (Å²) >= 11 is 0. The Morgan fingerprint density at radius 3 is 2.51 bits per heavy atom. The number of hydrogen-bond donors (Lipinski definition) is 1. The maximum atomic E-state index is 14.3. The minimum absolute atomic E-state index is 0.109. The van der Waals surface area contributed by atoms with Crippen molar-refractivity contribution in [2.24, 2.45) is 0 Å². The molecule has 2 amide bonds. The van der Waals surface area contributed by atoms with Crippen molar-refractivity contribution >= 4 is 28.5 Å². The van der Waals surface area contributed by atoms with Crippen LogP contribution in [0.4, 0.5) is 5.69 Å². The second kappa shape index (κ2) is 10.8. The van der Waals surface area contributed by atoms with Gasteiger partial charge in [0.05, 0.1) is 5.52 Å². The van der Waals surface area contributed by atoms with E-state index in [1.54, 1.807) is 22.9 Å². The number of aryl methyl sites for hydroxylation is 1. The number of hydrogen-bond acceptors (Lipinski definition) is 6. The van der Waals surface area contributed by atoms with E-state index in [2.05, 4.69) is 15.6 Å². The Morgan fingerprint density at radius 2 is 1.74 bits per heavy atom. The summed E-state index contributed by atoms with van der Waals surface area (Å²) in [4.78, 5) is 29.9. The van der Waals surface area contributed by atoms with Crippen molar-refractivity contribution in [2.75, 3.05) is 18.1 Å². The predicted molar refractivity (Wildman–Crippen MR) is 149 cm³/mol. The van der Waals surface area contributed by atoms with Crippen LogP contribution in [0.3, 0.4) is 0 Å². The Hall–Kier alpha value is -4.40. The second-order valence-corrected chi connectivity index (χ2v) is 10.3. The summed E-state index contributed by atoms with van der Waals surface area (Å²) in [5.41, 5.74) is 3.10. The number of benzene rings is 3. The zero-order chi connectivity index (χ0) is 27.6. The first-order valence-corrected chi connectivity index (χ1v) is 13.1. The Morgan fingerprint density at radius 1 is 1.03 bits per heavy atom. The van der Waals surface area contributed by atoms with Crippen LogP contribution in [0.15, 0.2) is 66.7 Å². The van der Waals surface area contributed by atoms with E-state index >= 15 is 0 Å². The van der Waals surface area contributed by atoms with Crippen LogP contribution in [-0.4, -0.2) is 45.6 Å². The van der Waals surface area contributed by atoms with Crippen LogP contribution in [0, 0.1) is 6.92 Å². The van der Waals surface area contributed by atoms with Crippen molar-refractivity contribution in [1.29, 1.82) is 0 Å². The van der Waals surface area contributed by atoms with E-state index in [1.165, 1.54) is 4.90 Å². The standard InChI is InChI=1S/C30H33N5O4/c1-5-30(3,4)31-29(37)28(22-11-7-6-10-20(22)2)35(21-14-15-25-26(18-21)39-17-16-38-25)27(36)19-34-24-13-9-8-12-23(24)32-33-34/h6-15,18,28H,5,16-17,19H2,1-4H3,(H,31,37)/t28-/m1/s1. The summed E-state index contributed by atoms with van der Waals surface area (Å²) in [5, 5.41) is 11.6. The Balaban J connectivity index is 1.64. The number of anilines is 1. The zero-order valence-corrected chi connectivity index (χ0v) is 22.7. The van der Waals surface area contributed by atoms with Crippen molar-refractivity contribution in [2.45, 2.75) is 52.2 Å². The summed E-state index contributed by atoms with van der Waals surface area (Å²) < 4.78 is 13.1. The van der Waals surface area contributed by atoms with E-state index in [0.717, 1.165) is 23.1 Å². The fraction of sp³-hybridized carbons (Fsp3) is 0.333. The first-order chi connectivity index (χ1) is 18.8. The molecule has 0 bridgehead atoms. The summed E-state index contributed by atoms with van der Waals surface area (Å²) in [5.74, 6) is 0.534. The lowest BCUT2D eigenvalue weighted by Gasteiger charge is -2.35. The van der Waals surface area contributed by atoms with Crippen molar-refractivity contribution in [3.63, 3.8) is 0 Å². The van der Waals surface area contributed by atoms with Gasteiger partial charge in [-0.2, -0.15) is 0 Å². The molecule has 1 aliphatic heterocycles. The molecule has 0 fully saturated rings. The lowest BCUT2D eigenvalue weighted by molar-refractivity contribution is -0.128. The van der Waals surface area contributed by atoms with Gasteiger partial charge in [-0.1, -0.05) is 48.5 Å². The van der Waals surface area contributed by atoms with Crippen LogP contribution in [0.2, 0.25) is 0 Å². The van der Waals surface area contributed by atoms with Crippen molar-refractivity contribution in [3.05, 3.63) is 77.9 Å². The van der Waals surface area contributed by atoms with Crippen LogP contribution in [0.5, 0.6) is 11.5 Å². The highest BCUT2D eigenvalue weighted by Crippen LogP contribution is 2.38. The average molecular weight is 528 g/mol. The fourth-order valence-corrected chi connectivity index (χ4v) is 4.64. The van der Waals surface area contributed by atoms with Gasteiger partial charge in [-0.25, -0.2) is 4.68 Å². The van der Waals surface area contributed by atoms with E-state index in [0.29, 0.717) is 35.9 Å². The molecule has 5 rings (SSSR count). The summed E-state index contributed by atoms with van der Waals surface area (Å²) in [6.07, 6.45) is 0.724. The summed E-state index contributed by atoms with van der Waals surface area (Å²) in [6.45, 7) is 8.65. The van der Waals surface area contributed by atoms with E-state index in [-0.39, 0.29) is 18.4 Å². The predicted octanol–water partition coefficient (Wildman–Crippen LogP) is 4.59. The normalized spacial score (nSPS) is 13.6. The van der Waals surface area contributed by atoms with Crippen LogP contribution < -0.4 is 19.7 Å². The van der Waals surface area contributed by atoms with Gasteiger partial charge in [-0.05, 0) is 62.6 Å². The molecule has 9 heteroatoms. The lowest BCUT2D eigenvalue weighted by Crippen LogP contribution is -2.51. The van der Waals surface area contributed by atoms with E-state index in [4.69, 9.17) is 9.47 Å². The molecule has 3 aromatic carbocycles. The Labute approximate surface area is 227 Å². The third kappa shape index (κ3) is 5.43. The molecule has 0 saturated heterocycles. The molecule has 0 aliphatic carbocycles. The van der Waals surface area contributed by atoms with Gasteiger partial charge < -0.3 is 14.8 Å². The first-order valence-electron chi connectivity index (χ1n) is 13.1. The molecule has 4 aromatic rings. The average Bonchev–Trinajstić information content (AvgIpc) is 3.34. The quantitative estimate of drug-likeness (QED) is 0.360. The maximum absolute atomic E-state index is 14.3. The van der Waals surface area contributed by atoms with Crippen LogP contribution in [-0.2, 0) is 16.1 Å². The number of carbonyl (C=O) groups is 2. The third-order valence-electron chi connectivity index (χ3n) is 7.11. The summed E-state index contributed by atoms with van der Waals surface area (Å²) in [6, 6.07) is 19.5. The molecule has 1 atom stereocenters. The van der Waals surface area contributed by atoms with Crippen LogP contribution >= 0.6 is 0 Å².